The molecule has 0 aromatic heterocycles. The molecule has 0 spiro atoms. The molecule has 0 heterocycles. The maximum Gasteiger partial charge on any atom is 0.316 e. The van der Waals surface area contributed by atoms with Crippen LogP contribution in [-0.4, -0.2) is 28.7 Å². The first-order chi connectivity index (χ1) is 9.58. The molecule has 0 unspecified atom stereocenters. The number of unbranched alkanes of at least 4 members (excludes halogenated alkanes) is 1. The molecule has 0 aliphatic rings. The van der Waals surface area contributed by atoms with Gasteiger partial charge < -0.3 is 15.5 Å². The molecule has 0 saturated heterocycles. The first-order valence-electron chi connectivity index (χ1n) is 6.23. The van der Waals surface area contributed by atoms with Gasteiger partial charge in [-0.1, -0.05) is 0 Å². The number of aliphatic carboxylic acids is 1. The Morgan fingerprint density at radius 2 is 1.90 bits per heavy atom. The number of anilines is 1. The minimum Gasteiger partial charge on any atom is -0.481 e. The molecule has 20 heavy (non-hydrogen) atoms. The Bertz CT molecular complexity index is 505. The van der Waals surface area contributed by atoms with E-state index in [2.05, 4.69) is 5.32 Å². The summed E-state index contributed by atoms with van der Waals surface area (Å²) in [6, 6.07) is 8.12. The molecule has 1 aromatic carbocycles. The van der Waals surface area contributed by atoms with Gasteiger partial charge in [0, 0.05) is 12.3 Å². The lowest BCUT2D eigenvalue weighted by atomic mass is 10.0. The number of nitrogens with zero attached hydrogens (tertiary/aromatic N) is 1. The number of nitrogens with one attached hydrogen (secondary N) is 1. The predicted molar refractivity (Wildman–Crippen MR) is 71.8 cm³/mol. The summed E-state index contributed by atoms with van der Waals surface area (Å²) < 4.78 is 0. The molecule has 0 radical (unpaired) electrons. The number of carbonyl (C=O) groups excluding carboxylic acids is 1. The van der Waals surface area contributed by atoms with E-state index in [1.807, 2.05) is 6.07 Å². The Labute approximate surface area is 116 Å². The number of nitriles is 1. The van der Waals surface area contributed by atoms with Crippen molar-refractivity contribution in [1.29, 1.82) is 5.26 Å². The van der Waals surface area contributed by atoms with Crippen molar-refractivity contribution in [3.05, 3.63) is 29.8 Å². The predicted octanol–water partition coefficient (Wildman–Crippen LogP) is 1.36. The monoisotopic (exact) mass is 276 g/mol. The second-order valence-electron chi connectivity index (χ2n) is 4.29. The second-order valence-corrected chi connectivity index (χ2v) is 4.29. The molecular formula is C14H16N2O4. The fraction of sp³-hybridized carbons (Fsp3) is 0.357. The zero-order chi connectivity index (χ0) is 15.0. The summed E-state index contributed by atoms with van der Waals surface area (Å²) in [5.74, 6) is -2.92. The van der Waals surface area contributed by atoms with Gasteiger partial charge in [0.05, 0.1) is 11.6 Å². The van der Waals surface area contributed by atoms with Gasteiger partial charge in [-0.3, -0.25) is 9.59 Å². The SMILES string of the molecule is N#Cc1ccc(NC(=O)[C@H](CCCCO)C(=O)O)cc1. The van der Waals surface area contributed by atoms with Crippen molar-refractivity contribution in [3.63, 3.8) is 0 Å². The number of benzene rings is 1. The van der Waals surface area contributed by atoms with Crippen molar-refractivity contribution in [2.45, 2.75) is 19.3 Å². The topological polar surface area (TPSA) is 110 Å². The number of rotatable bonds is 7. The van der Waals surface area contributed by atoms with E-state index in [1.54, 1.807) is 12.1 Å². The van der Waals surface area contributed by atoms with Crippen LogP contribution in [0.25, 0.3) is 0 Å². The average molecular weight is 276 g/mol. The highest BCUT2D eigenvalue weighted by atomic mass is 16.4. The number of aliphatic hydroxyl groups is 1. The molecule has 1 rings (SSSR count). The van der Waals surface area contributed by atoms with Crippen LogP contribution < -0.4 is 5.32 Å². The van der Waals surface area contributed by atoms with Crippen LogP contribution in [0.5, 0.6) is 0 Å². The van der Waals surface area contributed by atoms with Crippen molar-refractivity contribution >= 4 is 17.6 Å². The molecule has 1 aromatic rings. The van der Waals surface area contributed by atoms with Crippen LogP contribution in [0.15, 0.2) is 24.3 Å². The van der Waals surface area contributed by atoms with E-state index in [-0.39, 0.29) is 13.0 Å². The number of hydrogen-bond acceptors (Lipinski definition) is 4. The third kappa shape index (κ3) is 4.71. The molecule has 0 aliphatic carbocycles. The summed E-state index contributed by atoms with van der Waals surface area (Å²) in [5, 5.41) is 28.9. The number of aliphatic hydroxyl groups excluding tert-OH is 1. The lowest BCUT2D eigenvalue weighted by Crippen LogP contribution is -2.29. The Kier molecular flexibility index (Phi) is 6.20. The number of carboxylic acids is 1. The zero-order valence-corrected chi connectivity index (χ0v) is 10.9. The summed E-state index contributed by atoms with van der Waals surface area (Å²) in [4.78, 5) is 22.9. The number of hydrogen-bond donors (Lipinski definition) is 3. The van der Waals surface area contributed by atoms with Gasteiger partial charge in [-0.25, -0.2) is 0 Å². The van der Waals surface area contributed by atoms with Gasteiger partial charge in [-0.15, -0.1) is 0 Å². The average Bonchev–Trinajstić information content (AvgIpc) is 2.44. The minimum absolute atomic E-state index is 0.0242. The third-order valence-corrected chi connectivity index (χ3v) is 2.80. The summed E-state index contributed by atoms with van der Waals surface area (Å²) >= 11 is 0. The molecule has 0 saturated carbocycles. The molecule has 6 nitrogen and oxygen atoms in total. The van der Waals surface area contributed by atoms with Gasteiger partial charge in [0.25, 0.3) is 0 Å². The highest BCUT2D eigenvalue weighted by molar-refractivity contribution is 6.04. The van der Waals surface area contributed by atoms with E-state index in [4.69, 9.17) is 15.5 Å². The largest absolute Gasteiger partial charge is 0.481 e. The Morgan fingerprint density at radius 3 is 2.40 bits per heavy atom. The second kappa shape index (κ2) is 7.92. The lowest BCUT2D eigenvalue weighted by Gasteiger charge is -2.12. The van der Waals surface area contributed by atoms with Crippen LogP contribution in [0.4, 0.5) is 5.69 Å². The highest BCUT2D eigenvalue weighted by Gasteiger charge is 2.25. The van der Waals surface area contributed by atoms with Crippen LogP contribution >= 0.6 is 0 Å². The van der Waals surface area contributed by atoms with E-state index in [0.29, 0.717) is 24.1 Å². The maximum atomic E-state index is 11.9. The van der Waals surface area contributed by atoms with E-state index in [9.17, 15) is 9.59 Å². The summed E-state index contributed by atoms with van der Waals surface area (Å²) in [5.41, 5.74) is 0.906. The summed E-state index contributed by atoms with van der Waals surface area (Å²) in [6.07, 6.45) is 1.11. The molecule has 1 amide bonds. The van der Waals surface area contributed by atoms with Crippen LogP contribution in [0, 0.1) is 17.2 Å². The van der Waals surface area contributed by atoms with E-state index in [0.717, 1.165) is 0 Å². The molecule has 3 N–H and O–H groups in total. The van der Waals surface area contributed by atoms with Gasteiger partial charge in [-0.2, -0.15) is 5.26 Å². The lowest BCUT2D eigenvalue weighted by molar-refractivity contribution is -0.145. The van der Waals surface area contributed by atoms with Crippen LogP contribution in [-0.2, 0) is 9.59 Å². The van der Waals surface area contributed by atoms with Crippen LogP contribution in [0.2, 0.25) is 0 Å². The fourth-order valence-corrected chi connectivity index (χ4v) is 1.68. The molecule has 1 atom stereocenters. The zero-order valence-electron chi connectivity index (χ0n) is 10.9. The molecule has 0 aliphatic heterocycles. The Balaban J connectivity index is 2.65. The van der Waals surface area contributed by atoms with Crippen molar-refractivity contribution in [2.24, 2.45) is 5.92 Å². The number of amides is 1. The quantitative estimate of drug-likeness (QED) is 0.514. The van der Waals surface area contributed by atoms with Gasteiger partial charge in [0.2, 0.25) is 5.91 Å². The normalized spacial score (nSPS) is 11.4. The van der Waals surface area contributed by atoms with Gasteiger partial charge in [0.15, 0.2) is 0 Å². The van der Waals surface area contributed by atoms with E-state index >= 15 is 0 Å². The Hall–Kier alpha value is -2.39. The molecule has 106 valence electrons. The van der Waals surface area contributed by atoms with Gasteiger partial charge in [-0.05, 0) is 43.5 Å². The molecule has 6 heteroatoms. The molecular weight excluding hydrogens is 260 g/mol. The van der Waals surface area contributed by atoms with Crippen molar-refractivity contribution in [1.82, 2.24) is 0 Å². The van der Waals surface area contributed by atoms with Crippen LogP contribution in [0.3, 0.4) is 0 Å². The van der Waals surface area contributed by atoms with E-state index in [1.165, 1.54) is 12.1 Å². The standard InChI is InChI=1S/C14H16N2O4/c15-9-10-4-6-11(7-5-10)16-13(18)12(14(19)20)3-1-2-8-17/h4-7,12,17H,1-3,8H2,(H,16,18)(H,19,20)/t12-/m0/s1. The van der Waals surface area contributed by atoms with Crippen LogP contribution in [0.1, 0.15) is 24.8 Å². The van der Waals surface area contributed by atoms with Crippen molar-refractivity contribution in [3.8, 4) is 6.07 Å². The first kappa shape index (κ1) is 15.7. The minimum atomic E-state index is -1.19. The van der Waals surface area contributed by atoms with Gasteiger partial charge in [0.1, 0.15) is 5.92 Å². The molecule has 0 fully saturated rings. The first-order valence-corrected chi connectivity index (χ1v) is 6.23. The fourth-order valence-electron chi connectivity index (χ4n) is 1.68. The maximum absolute atomic E-state index is 11.9. The number of carbonyl (C=O) groups is 2. The smallest absolute Gasteiger partial charge is 0.316 e. The van der Waals surface area contributed by atoms with Crippen molar-refractivity contribution < 1.29 is 19.8 Å². The Morgan fingerprint density at radius 1 is 1.25 bits per heavy atom. The molecule has 0 bridgehead atoms. The third-order valence-electron chi connectivity index (χ3n) is 2.80. The summed E-state index contributed by atoms with van der Waals surface area (Å²) in [7, 11) is 0. The van der Waals surface area contributed by atoms with Crippen molar-refractivity contribution in [2.75, 3.05) is 11.9 Å². The van der Waals surface area contributed by atoms with E-state index < -0.39 is 17.8 Å². The number of carboxylic acid groups (broad SMARTS) is 1. The highest BCUT2D eigenvalue weighted by Crippen LogP contribution is 2.14. The van der Waals surface area contributed by atoms with Gasteiger partial charge >= 0.3 is 5.97 Å². The summed E-state index contributed by atoms with van der Waals surface area (Å²) in [6.45, 7) is -0.0242.